The molecule has 8 heavy (non-hydrogen) atoms. The van der Waals surface area contributed by atoms with Crippen molar-refractivity contribution < 1.29 is 13.6 Å². The lowest BCUT2D eigenvalue weighted by molar-refractivity contribution is -0.140. The van der Waals surface area contributed by atoms with Gasteiger partial charge in [-0.15, -0.1) is 0 Å². The first kappa shape index (κ1) is 7.33. The standard InChI is InChI=1S/C4H7F2NO/c1-7(2)4(8)3(5)6/h3H,1-2H3. The van der Waals surface area contributed by atoms with Gasteiger partial charge in [0.2, 0.25) is 0 Å². The summed E-state index contributed by atoms with van der Waals surface area (Å²) < 4.78 is 22.6. The zero-order chi connectivity index (χ0) is 6.73. The van der Waals surface area contributed by atoms with E-state index in [0.717, 1.165) is 4.90 Å². The van der Waals surface area contributed by atoms with Crippen LogP contribution in [-0.4, -0.2) is 31.3 Å². The quantitative estimate of drug-likeness (QED) is 0.492. The summed E-state index contributed by atoms with van der Waals surface area (Å²) in [6.45, 7) is 0. The van der Waals surface area contributed by atoms with Crippen molar-refractivity contribution in [2.24, 2.45) is 0 Å². The number of carbonyl (C=O) groups excluding carboxylic acids is 1. The zero-order valence-corrected chi connectivity index (χ0v) is 4.69. The number of hydrogen-bond acceptors (Lipinski definition) is 1. The van der Waals surface area contributed by atoms with Gasteiger partial charge in [0, 0.05) is 14.1 Å². The van der Waals surface area contributed by atoms with Gasteiger partial charge in [0.05, 0.1) is 0 Å². The Morgan fingerprint density at radius 2 is 1.88 bits per heavy atom. The molecule has 0 bridgehead atoms. The van der Waals surface area contributed by atoms with Crippen LogP contribution >= 0.6 is 0 Å². The van der Waals surface area contributed by atoms with Crippen molar-refractivity contribution in [1.82, 2.24) is 4.90 Å². The van der Waals surface area contributed by atoms with E-state index in [0.29, 0.717) is 0 Å². The van der Waals surface area contributed by atoms with Crippen molar-refractivity contribution in [3.63, 3.8) is 0 Å². The maximum Gasteiger partial charge on any atom is 0.315 e. The van der Waals surface area contributed by atoms with Gasteiger partial charge < -0.3 is 4.90 Å². The molecule has 0 aliphatic carbocycles. The minimum absolute atomic E-state index is 0.852. The van der Waals surface area contributed by atoms with Gasteiger partial charge >= 0.3 is 6.43 Å². The maximum absolute atomic E-state index is 11.3. The van der Waals surface area contributed by atoms with Crippen LogP contribution in [0.1, 0.15) is 0 Å². The van der Waals surface area contributed by atoms with Gasteiger partial charge in [0.25, 0.3) is 5.91 Å². The van der Waals surface area contributed by atoms with Gasteiger partial charge in [-0.2, -0.15) is 8.78 Å². The van der Waals surface area contributed by atoms with Crippen LogP contribution in [0.25, 0.3) is 0 Å². The van der Waals surface area contributed by atoms with Crippen molar-refractivity contribution in [2.45, 2.75) is 6.43 Å². The molecule has 0 saturated carbocycles. The fourth-order valence-corrected chi connectivity index (χ4v) is 0.195. The third kappa shape index (κ3) is 1.86. The molecule has 0 unspecified atom stereocenters. The number of hydrogen-bond donors (Lipinski definition) is 0. The van der Waals surface area contributed by atoms with Crippen LogP contribution in [-0.2, 0) is 4.79 Å². The van der Waals surface area contributed by atoms with E-state index in [4.69, 9.17) is 0 Å². The highest BCUT2D eigenvalue weighted by molar-refractivity contribution is 5.78. The Labute approximate surface area is 46.1 Å². The summed E-state index contributed by atoms with van der Waals surface area (Å²) >= 11 is 0. The normalized spacial score (nSPS) is 9.62. The second-order valence-electron chi connectivity index (χ2n) is 1.53. The second kappa shape index (κ2) is 2.59. The van der Waals surface area contributed by atoms with Crippen LogP contribution in [0.5, 0.6) is 0 Å². The molecule has 0 rings (SSSR count). The Balaban J connectivity index is 3.65. The summed E-state index contributed by atoms with van der Waals surface area (Å²) in [5.74, 6) is -1.15. The Kier molecular flexibility index (Phi) is 2.37. The van der Waals surface area contributed by atoms with Gasteiger partial charge in [-0.05, 0) is 0 Å². The minimum Gasteiger partial charge on any atom is -0.344 e. The third-order valence-electron chi connectivity index (χ3n) is 0.627. The van der Waals surface area contributed by atoms with Crippen molar-refractivity contribution in [3.8, 4) is 0 Å². The van der Waals surface area contributed by atoms with Crippen LogP contribution < -0.4 is 0 Å². The molecular weight excluding hydrogens is 116 g/mol. The molecule has 0 fully saturated rings. The SMILES string of the molecule is CN(C)C(=O)C(F)F. The molecule has 0 aromatic heterocycles. The Morgan fingerprint density at radius 1 is 1.50 bits per heavy atom. The molecular formula is C4H7F2NO. The van der Waals surface area contributed by atoms with Crippen molar-refractivity contribution in [2.75, 3.05) is 14.1 Å². The number of alkyl halides is 2. The van der Waals surface area contributed by atoms with Gasteiger partial charge in [-0.1, -0.05) is 0 Å². The molecule has 48 valence electrons. The summed E-state index contributed by atoms with van der Waals surface area (Å²) in [6.07, 6.45) is -2.87. The van der Waals surface area contributed by atoms with Crippen molar-refractivity contribution in [1.29, 1.82) is 0 Å². The van der Waals surface area contributed by atoms with Crippen molar-refractivity contribution in [3.05, 3.63) is 0 Å². The monoisotopic (exact) mass is 123 g/mol. The predicted molar refractivity (Wildman–Crippen MR) is 24.7 cm³/mol. The predicted octanol–water partition coefficient (Wildman–Crippen LogP) is 0.340. The summed E-state index contributed by atoms with van der Waals surface area (Å²) in [7, 11) is 2.57. The highest BCUT2D eigenvalue weighted by atomic mass is 19.3. The van der Waals surface area contributed by atoms with E-state index in [1.807, 2.05) is 0 Å². The lowest BCUT2D eigenvalue weighted by atomic mass is 10.6. The average molecular weight is 123 g/mol. The molecule has 1 amide bonds. The largest absolute Gasteiger partial charge is 0.344 e. The van der Waals surface area contributed by atoms with Gasteiger partial charge in [-0.3, -0.25) is 4.79 Å². The molecule has 0 heterocycles. The first-order chi connectivity index (χ1) is 3.55. The molecule has 0 aliphatic heterocycles. The van der Waals surface area contributed by atoms with E-state index in [9.17, 15) is 13.6 Å². The Hall–Kier alpha value is -0.670. The van der Waals surface area contributed by atoms with Crippen LogP contribution in [0.4, 0.5) is 8.78 Å². The number of nitrogens with zero attached hydrogens (tertiary/aromatic N) is 1. The highest BCUT2D eigenvalue weighted by Crippen LogP contribution is 1.94. The number of halogens is 2. The smallest absolute Gasteiger partial charge is 0.315 e. The molecule has 0 spiro atoms. The van der Waals surface area contributed by atoms with Gasteiger partial charge in [-0.25, -0.2) is 0 Å². The first-order valence-electron chi connectivity index (χ1n) is 2.05. The lowest BCUT2D eigenvalue weighted by Crippen LogP contribution is -2.27. The summed E-state index contributed by atoms with van der Waals surface area (Å²) in [5.41, 5.74) is 0. The molecule has 0 saturated heterocycles. The van der Waals surface area contributed by atoms with Crippen LogP contribution in [0.3, 0.4) is 0 Å². The Bertz CT molecular complexity index is 82.0. The summed E-state index contributed by atoms with van der Waals surface area (Å²) in [4.78, 5) is 10.9. The molecule has 0 aliphatic rings. The second-order valence-corrected chi connectivity index (χ2v) is 1.53. The number of carbonyl (C=O) groups is 1. The van der Waals surface area contributed by atoms with E-state index >= 15 is 0 Å². The highest BCUT2D eigenvalue weighted by Gasteiger charge is 2.15. The minimum atomic E-state index is -2.87. The molecule has 2 nitrogen and oxygen atoms in total. The van der Waals surface area contributed by atoms with E-state index in [-0.39, 0.29) is 0 Å². The molecule has 4 heteroatoms. The van der Waals surface area contributed by atoms with Crippen LogP contribution in [0.15, 0.2) is 0 Å². The van der Waals surface area contributed by atoms with Gasteiger partial charge in [0.1, 0.15) is 0 Å². The number of rotatable bonds is 1. The van der Waals surface area contributed by atoms with Crippen LogP contribution in [0.2, 0.25) is 0 Å². The van der Waals surface area contributed by atoms with E-state index < -0.39 is 12.3 Å². The number of amides is 1. The lowest BCUT2D eigenvalue weighted by Gasteiger charge is -2.07. The third-order valence-corrected chi connectivity index (χ3v) is 0.627. The Morgan fingerprint density at radius 3 is 1.88 bits per heavy atom. The summed E-state index contributed by atoms with van der Waals surface area (Å²) in [6, 6.07) is 0. The van der Waals surface area contributed by atoms with Gasteiger partial charge in [0.15, 0.2) is 0 Å². The maximum atomic E-state index is 11.3. The molecule has 0 aromatic carbocycles. The molecule has 0 radical (unpaired) electrons. The molecule has 0 atom stereocenters. The van der Waals surface area contributed by atoms with Crippen molar-refractivity contribution >= 4 is 5.91 Å². The van der Waals surface area contributed by atoms with Crippen LogP contribution in [0, 0.1) is 0 Å². The van der Waals surface area contributed by atoms with E-state index in [1.54, 1.807) is 0 Å². The fraction of sp³-hybridized carbons (Fsp3) is 0.750. The fourth-order valence-electron chi connectivity index (χ4n) is 0.195. The van der Waals surface area contributed by atoms with E-state index in [1.165, 1.54) is 14.1 Å². The average Bonchev–Trinajstić information content (AvgIpc) is 1.64. The van der Waals surface area contributed by atoms with E-state index in [2.05, 4.69) is 0 Å². The zero-order valence-electron chi connectivity index (χ0n) is 4.69. The molecule has 0 N–H and O–H groups in total. The molecule has 0 aromatic rings. The summed E-state index contributed by atoms with van der Waals surface area (Å²) in [5, 5.41) is 0. The first-order valence-corrected chi connectivity index (χ1v) is 2.05. The topological polar surface area (TPSA) is 20.3 Å².